The molecule has 1 aliphatic carbocycles. The van der Waals surface area contributed by atoms with E-state index in [4.69, 9.17) is 44.6 Å². The first-order valence-electron chi connectivity index (χ1n) is 21.0. The molecule has 1 amide bonds. The van der Waals surface area contributed by atoms with Crippen molar-refractivity contribution >= 4 is 11.9 Å². The molecule has 0 radical (unpaired) electrons. The van der Waals surface area contributed by atoms with Gasteiger partial charge in [-0.2, -0.15) is 15.2 Å². The van der Waals surface area contributed by atoms with Gasteiger partial charge in [-0.05, 0) is 24.9 Å². The number of nitrogens with one attached hydrogen (secondary N) is 1. The molecule has 0 bridgehead atoms. The number of rotatable bonds is 32. The van der Waals surface area contributed by atoms with Crippen LogP contribution in [0.2, 0.25) is 0 Å². The molecular formula is C43H74F5N3O10U2. The Hall–Kier alpha value is -0.446. The normalized spacial score (nSPS) is 12.7. The van der Waals surface area contributed by atoms with Crippen molar-refractivity contribution in [3.05, 3.63) is 56.8 Å². The fourth-order valence-corrected chi connectivity index (χ4v) is 4.61. The number of unbranched alkanes of at least 4 members (excludes halogenated alkanes) is 3. The number of amides is 1. The molecule has 1 aromatic carbocycles. The average Bonchev–Trinajstić information content (AvgIpc) is 3.23. The van der Waals surface area contributed by atoms with Gasteiger partial charge < -0.3 is 82.4 Å². The predicted octanol–water partition coefficient (Wildman–Crippen LogP) is 6.43. The second-order valence-electron chi connectivity index (χ2n) is 13.6. The zero-order valence-electron chi connectivity index (χ0n) is 37.6. The number of carbonyl (C=O) groups is 2. The van der Waals surface area contributed by atoms with Crippen molar-refractivity contribution in [3.8, 4) is 5.75 Å². The molecule has 5 N–H and O–H groups in total. The van der Waals surface area contributed by atoms with Gasteiger partial charge in [0.25, 0.3) is 0 Å². The van der Waals surface area contributed by atoms with Gasteiger partial charge in [0, 0.05) is 32.8 Å². The summed E-state index contributed by atoms with van der Waals surface area (Å²) in [6.45, 7) is 24.0. The fourth-order valence-electron chi connectivity index (χ4n) is 4.61. The minimum absolute atomic E-state index is 0. The molecule has 1 aliphatic rings. The first-order chi connectivity index (χ1) is 29.3. The molecular weight excluding hydrogens is 1290 g/mol. The Morgan fingerprint density at radius 1 is 0.619 bits per heavy atom. The van der Waals surface area contributed by atoms with Crippen LogP contribution in [-0.2, 0) is 42.7 Å². The smallest absolute Gasteiger partial charge is 0.420 e. The number of hydrogen-bond donors (Lipinski definition) is 3. The Labute approximate surface area is 421 Å². The van der Waals surface area contributed by atoms with Crippen LogP contribution in [0, 0.1) is 125 Å². The van der Waals surface area contributed by atoms with Gasteiger partial charge in [0.2, 0.25) is 40.7 Å². The van der Waals surface area contributed by atoms with Gasteiger partial charge in [0.15, 0.2) is 0 Å². The third kappa shape index (κ3) is 38.2. The molecule has 20 heteroatoms. The predicted molar refractivity (Wildman–Crippen MR) is 224 cm³/mol. The minimum atomic E-state index is -2.37. The topological polar surface area (TPSA) is 172 Å². The van der Waals surface area contributed by atoms with Crippen molar-refractivity contribution in [1.29, 1.82) is 0 Å². The van der Waals surface area contributed by atoms with Crippen LogP contribution < -0.4 is 21.5 Å². The van der Waals surface area contributed by atoms with Gasteiger partial charge >= 0.3 is 68.2 Å². The molecule has 0 saturated heterocycles. The molecule has 63 heavy (non-hydrogen) atoms. The number of carbonyl (C=O) groups excluding carboxylic acids is 2. The van der Waals surface area contributed by atoms with Gasteiger partial charge in [0.05, 0.1) is 65.9 Å². The molecule has 1 atom stereocenters. The molecule has 0 aromatic heterocycles. The first-order valence-corrected chi connectivity index (χ1v) is 21.0. The molecule has 1 aromatic rings. The minimum Gasteiger partial charge on any atom is -0.420 e. The molecule has 0 aliphatic heterocycles. The summed E-state index contributed by atoms with van der Waals surface area (Å²) in [6, 6.07) is 0. The van der Waals surface area contributed by atoms with E-state index in [9.17, 15) is 31.5 Å². The van der Waals surface area contributed by atoms with Crippen LogP contribution in [0.3, 0.4) is 0 Å². The summed E-state index contributed by atoms with van der Waals surface area (Å²) in [5.74, 6) is -13.7. The summed E-state index contributed by atoms with van der Waals surface area (Å²) in [6.07, 6.45) is 11.1. The number of esters is 1. The molecule has 1 fully saturated rings. The second-order valence-corrected chi connectivity index (χ2v) is 13.6. The van der Waals surface area contributed by atoms with Crippen molar-refractivity contribution in [3.63, 3.8) is 0 Å². The number of ether oxygens (including phenoxy) is 8. The Bertz CT molecular complexity index is 1200. The van der Waals surface area contributed by atoms with Crippen LogP contribution in [0.25, 0.3) is 0 Å². The Balaban J connectivity index is -0.000000679. The van der Waals surface area contributed by atoms with E-state index in [1.165, 1.54) is 51.4 Å². The van der Waals surface area contributed by atoms with Crippen molar-refractivity contribution < 1.29 is 132 Å². The van der Waals surface area contributed by atoms with Crippen molar-refractivity contribution in [1.82, 2.24) is 5.32 Å². The van der Waals surface area contributed by atoms with Crippen LogP contribution in [0.4, 0.5) is 22.0 Å². The largest absolute Gasteiger partial charge is 2.00 e. The van der Waals surface area contributed by atoms with Crippen LogP contribution >= 0.6 is 0 Å². The van der Waals surface area contributed by atoms with Crippen molar-refractivity contribution in [2.24, 2.45) is 17.4 Å². The molecule has 1 saturated carbocycles. The first kappa shape index (κ1) is 69.1. The van der Waals surface area contributed by atoms with Crippen LogP contribution in [0.5, 0.6) is 5.75 Å². The monoisotopic (exact) mass is 1360 g/mol. The van der Waals surface area contributed by atoms with Crippen LogP contribution in [0.15, 0.2) is 0 Å². The zero-order valence-corrected chi connectivity index (χ0v) is 46.0. The van der Waals surface area contributed by atoms with E-state index in [0.29, 0.717) is 46.2 Å². The van der Waals surface area contributed by atoms with Crippen molar-refractivity contribution in [2.45, 2.75) is 90.0 Å². The molecule has 0 heterocycles. The summed E-state index contributed by atoms with van der Waals surface area (Å²) in [5, 5.41) is 2.74. The number of halogens is 5. The van der Waals surface area contributed by atoms with Gasteiger partial charge in [-0.25, -0.2) is 13.2 Å². The van der Waals surface area contributed by atoms with E-state index in [1.54, 1.807) is 0 Å². The average molecular weight is 1360 g/mol. The second kappa shape index (κ2) is 48.0. The molecule has 2 rings (SSSR count). The van der Waals surface area contributed by atoms with E-state index in [-0.39, 0.29) is 127 Å². The van der Waals surface area contributed by atoms with E-state index < -0.39 is 52.8 Å². The van der Waals surface area contributed by atoms with Gasteiger partial charge in [0.1, 0.15) is 0 Å². The Morgan fingerprint density at radius 3 is 1.54 bits per heavy atom. The SMILES string of the molecule is CCCCCCN.[CH2-]CC1CCC1.[CH2-]COCC([CH2-])(COCCOCCOCCC)NC(=O)CCOCCOCCC(=O)Oc1c(F)c(F)c(F)c(F)c1F.[CH2-]COCCN.[U+2].[U+2]. The standard InChI is InChI=1S/C27H38F5NO9.C6H15N.C6H11.C4H10NO.2U/c1-4-8-37-11-14-40-15-16-41-18-27(3,17-36-5-2)33-19(34)6-9-38-12-13-39-10-7-20(35)42-26-24(31)22(29)21(28)23(30)25(26)32;1-2-3-4-5-6-7;1-2-6-4-3-5-6;1-2-6-4-3-5;;/h2-18H2,1H3,(H,33,34);2-7H2,1H3;6H,1-5H2;1-5H2;;/q-2;;2*-1;2*+2. The van der Waals surface area contributed by atoms with Crippen LogP contribution in [0.1, 0.15) is 84.5 Å². The summed E-state index contributed by atoms with van der Waals surface area (Å²) in [7, 11) is 0. The van der Waals surface area contributed by atoms with Crippen molar-refractivity contribution in [2.75, 3.05) is 106 Å². The zero-order chi connectivity index (χ0) is 46.2. The molecule has 13 nitrogen and oxygen atoms in total. The molecule has 0 spiro atoms. The summed E-state index contributed by atoms with van der Waals surface area (Å²) < 4.78 is 108. The van der Waals surface area contributed by atoms with E-state index in [1.807, 2.05) is 6.92 Å². The Kier molecular flexibility index (Phi) is 52.7. The van der Waals surface area contributed by atoms with Gasteiger partial charge in [-0.3, -0.25) is 9.59 Å². The van der Waals surface area contributed by atoms with Gasteiger partial charge in [-0.15, -0.1) is 0 Å². The Morgan fingerprint density at radius 2 is 1.11 bits per heavy atom. The van der Waals surface area contributed by atoms with E-state index in [0.717, 1.165) is 18.9 Å². The number of hydrogen-bond acceptors (Lipinski definition) is 12. The summed E-state index contributed by atoms with van der Waals surface area (Å²) >= 11 is 0. The molecule has 1 unspecified atom stereocenters. The van der Waals surface area contributed by atoms with E-state index >= 15 is 0 Å². The molecule has 364 valence electrons. The van der Waals surface area contributed by atoms with E-state index in [2.05, 4.69) is 44.7 Å². The summed E-state index contributed by atoms with van der Waals surface area (Å²) in [5.41, 5.74) is 9.27. The fraction of sp³-hybridized carbons (Fsp3) is 0.721. The van der Waals surface area contributed by atoms with Crippen LogP contribution in [-0.4, -0.2) is 123 Å². The third-order valence-electron chi connectivity index (χ3n) is 8.18. The maximum absolute atomic E-state index is 13.6. The number of benzene rings is 1. The third-order valence-corrected chi connectivity index (χ3v) is 8.18. The van der Waals surface area contributed by atoms with Gasteiger partial charge in [-0.1, -0.05) is 71.5 Å². The quantitative estimate of drug-likeness (QED) is 0.0138. The summed E-state index contributed by atoms with van der Waals surface area (Å²) in [4.78, 5) is 24.0. The number of nitrogens with two attached hydrogens (primary N) is 2. The maximum Gasteiger partial charge on any atom is 2.00 e. The maximum atomic E-state index is 13.6.